The van der Waals surface area contributed by atoms with Crippen LogP contribution in [0.2, 0.25) is 0 Å². The Labute approximate surface area is 147 Å². The standard InChI is InChI=1S/C18H17IN2O2/c1-10(2)17-20-16-13(8-9-14(22)15(16)19)18(23)21(17)12-6-4-11(3)5-7-12/h4-10,22H,1-3H3. The van der Waals surface area contributed by atoms with Crippen LogP contribution in [-0.4, -0.2) is 14.7 Å². The molecule has 23 heavy (non-hydrogen) atoms. The number of phenolic OH excluding ortho intramolecular Hbond substituents is 1. The molecule has 3 aromatic rings. The molecule has 5 heteroatoms. The topological polar surface area (TPSA) is 55.1 Å². The van der Waals surface area contributed by atoms with Gasteiger partial charge in [-0.25, -0.2) is 4.98 Å². The third-order valence-corrected chi connectivity index (χ3v) is 4.86. The second kappa shape index (κ2) is 5.96. The number of benzene rings is 2. The Kier molecular flexibility index (Phi) is 4.14. The highest BCUT2D eigenvalue weighted by Gasteiger charge is 2.17. The van der Waals surface area contributed by atoms with Crippen molar-refractivity contribution in [1.29, 1.82) is 0 Å². The molecule has 0 saturated carbocycles. The second-order valence-electron chi connectivity index (χ2n) is 5.90. The number of aromatic nitrogens is 2. The number of phenols is 1. The Bertz CT molecular complexity index is 944. The van der Waals surface area contributed by atoms with E-state index in [0.29, 0.717) is 20.3 Å². The highest BCUT2D eigenvalue weighted by molar-refractivity contribution is 14.1. The average molecular weight is 420 g/mol. The van der Waals surface area contributed by atoms with E-state index in [1.165, 1.54) is 0 Å². The first kappa shape index (κ1) is 16.0. The number of aryl methyl sites for hydroxylation is 1. The van der Waals surface area contributed by atoms with Crippen LogP contribution in [0.1, 0.15) is 31.2 Å². The summed E-state index contributed by atoms with van der Waals surface area (Å²) in [7, 11) is 0. The number of nitrogens with zero attached hydrogens (tertiary/aromatic N) is 2. The summed E-state index contributed by atoms with van der Waals surface area (Å²) in [4.78, 5) is 17.7. The average Bonchev–Trinajstić information content (AvgIpc) is 2.52. The monoisotopic (exact) mass is 420 g/mol. The van der Waals surface area contributed by atoms with Crippen LogP contribution in [0.25, 0.3) is 16.6 Å². The lowest BCUT2D eigenvalue weighted by atomic mass is 10.1. The molecule has 1 N–H and O–H groups in total. The quantitative estimate of drug-likeness (QED) is 0.635. The van der Waals surface area contributed by atoms with Gasteiger partial charge in [-0.05, 0) is 53.8 Å². The lowest BCUT2D eigenvalue weighted by molar-refractivity contribution is 0.472. The minimum Gasteiger partial charge on any atom is -0.507 e. The lowest BCUT2D eigenvalue weighted by Gasteiger charge is -2.17. The van der Waals surface area contributed by atoms with Gasteiger partial charge in [-0.3, -0.25) is 9.36 Å². The Morgan fingerprint density at radius 1 is 1.13 bits per heavy atom. The molecule has 118 valence electrons. The highest BCUT2D eigenvalue weighted by atomic mass is 127. The maximum Gasteiger partial charge on any atom is 0.266 e. The van der Waals surface area contributed by atoms with E-state index in [1.54, 1.807) is 16.7 Å². The molecule has 2 aromatic carbocycles. The van der Waals surface area contributed by atoms with Crippen molar-refractivity contribution in [2.24, 2.45) is 0 Å². The SMILES string of the molecule is Cc1ccc(-n2c(C(C)C)nc3c(I)c(O)ccc3c2=O)cc1. The van der Waals surface area contributed by atoms with Gasteiger partial charge >= 0.3 is 0 Å². The molecule has 4 nitrogen and oxygen atoms in total. The van der Waals surface area contributed by atoms with Crippen LogP contribution in [0.15, 0.2) is 41.2 Å². The molecule has 0 atom stereocenters. The van der Waals surface area contributed by atoms with Crippen molar-refractivity contribution in [2.45, 2.75) is 26.7 Å². The maximum absolute atomic E-state index is 13.0. The Hall–Kier alpha value is -1.89. The van der Waals surface area contributed by atoms with Crippen molar-refractivity contribution in [3.8, 4) is 11.4 Å². The summed E-state index contributed by atoms with van der Waals surface area (Å²) in [5.74, 6) is 0.911. The van der Waals surface area contributed by atoms with Crippen LogP contribution in [0.3, 0.4) is 0 Å². The number of halogens is 1. The van der Waals surface area contributed by atoms with Crippen LogP contribution < -0.4 is 5.56 Å². The summed E-state index contributed by atoms with van der Waals surface area (Å²) < 4.78 is 2.27. The van der Waals surface area contributed by atoms with E-state index in [-0.39, 0.29) is 17.2 Å². The summed E-state index contributed by atoms with van der Waals surface area (Å²) in [6.45, 7) is 6.03. The zero-order valence-corrected chi connectivity index (χ0v) is 15.3. The summed E-state index contributed by atoms with van der Waals surface area (Å²) in [5, 5.41) is 10.4. The van der Waals surface area contributed by atoms with Gasteiger partial charge in [0.25, 0.3) is 5.56 Å². The molecule has 1 heterocycles. The van der Waals surface area contributed by atoms with Crippen molar-refractivity contribution < 1.29 is 5.11 Å². The molecular formula is C18H17IN2O2. The third kappa shape index (κ3) is 2.73. The zero-order chi connectivity index (χ0) is 16.7. The fourth-order valence-electron chi connectivity index (χ4n) is 2.56. The van der Waals surface area contributed by atoms with Crippen LogP contribution >= 0.6 is 22.6 Å². The van der Waals surface area contributed by atoms with Crippen LogP contribution in [0.5, 0.6) is 5.75 Å². The van der Waals surface area contributed by atoms with Gasteiger partial charge in [-0.2, -0.15) is 0 Å². The molecule has 0 spiro atoms. The summed E-state index contributed by atoms with van der Waals surface area (Å²) in [6.07, 6.45) is 0. The molecule has 0 radical (unpaired) electrons. The Balaban J connectivity index is 2.43. The van der Waals surface area contributed by atoms with Crippen molar-refractivity contribution in [1.82, 2.24) is 9.55 Å². The molecule has 0 saturated heterocycles. The zero-order valence-electron chi connectivity index (χ0n) is 13.2. The predicted octanol–water partition coefficient (Wildman–Crippen LogP) is 4.13. The van der Waals surface area contributed by atoms with Crippen molar-refractivity contribution in [2.75, 3.05) is 0 Å². The van der Waals surface area contributed by atoms with Gasteiger partial charge in [0.05, 0.1) is 20.2 Å². The predicted molar refractivity (Wildman–Crippen MR) is 101 cm³/mol. The smallest absolute Gasteiger partial charge is 0.266 e. The summed E-state index contributed by atoms with van der Waals surface area (Å²) >= 11 is 2.03. The van der Waals surface area contributed by atoms with Gasteiger partial charge in [-0.15, -0.1) is 0 Å². The molecule has 0 amide bonds. The number of aromatic hydroxyl groups is 1. The minimum atomic E-state index is -0.111. The Morgan fingerprint density at radius 3 is 2.39 bits per heavy atom. The lowest BCUT2D eigenvalue weighted by Crippen LogP contribution is -2.25. The van der Waals surface area contributed by atoms with Crippen molar-refractivity contribution in [3.63, 3.8) is 0 Å². The molecular weight excluding hydrogens is 403 g/mol. The largest absolute Gasteiger partial charge is 0.507 e. The maximum atomic E-state index is 13.0. The van der Waals surface area contributed by atoms with Crippen LogP contribution in [0, 0.1) is 10.5 Å². The third-order valence-electron chi connectivity index (χ3n) is 3.79. The first-order valence-corrected chi connectivity index (χ1v) is 8.49. The van der Waals surface area contributed by atoms with Gasteiger partial charge in [0.1, 0.15) is 11.6 Å². The van der Waals surface area contributed by atoms with E-state index in [2.05, 4.69) is 0 Å². The highest BCUT2D eigenvalue weighted by Crippen LogP contribution is 2.27. The van der Waals surface area contributed by atoms with E-state index in [4.69, 9.17) is 4.98 Å². The van der Waals surface area contributed by atoms with Gasteiger partial charge in [0, 0.05) is 5.92 Å². The molecule has 0 aliphatic rings. The molecule has 1 aromatic heterocycles. The van der Waals surface area contributed by atoms with Crippen LogP contribution in [0.4, 0.5) is 0 Å². The van der Waals surface area contributed by atoms with E-state index in [9.17, 15) is 9.90 Å². The fourth-order valence-corrected chi connectivity index (χ4v) is 3.15. The molecule has 0 aliphatic heterocycles. The van der Waals surface area contributed by atoms with E-state index in [0.717, 1.165) is 11.3 Å². The number of fused-ring (bicyclic) bond motifs is 1. The summed E-state index contributed by atoms with van der Waals surface area (Å²) in [6, 6.07) is 11.0. The van der Waals surface area contributed by atoms with Gasteiger partial charge in [-0.1, -0.05) is 31.5 Å². The molecule has 0 bridgehead atoms. The van der Waals surface area contributed by atoms with E-state index in [1.807, 2.05) is 67.6 Å². The molecule has 0 unspecified atom stereocenters. The number of hydrogen-bond donors (Lipinski definition) is 1. The first-order valence-electron chi connectivity index (χ1n) is 7.41. The van der Waals surface area contributed by atoms with E-state index >= 15 is 0 Å². The number of hydrogen-bond acceptors (Lipinski definition) is 3. The Morgan fingerprint density at radius 2 is 1.78 bits per heavy atom. The van der Waals surface area contributed by atoms with E-state index < -0.39 is 0 Å². The normalized spacial score (nSPS) is 11.3. The van der Waals surface area contributed by atoms with Crippen molar-refractivity contribution >= 4 is 33.5 Å². The van der Waals surface area contributed by atoms with Gasteiger partial charge in [0.15, 0.2) is 0 Å². The fraction of sp³-hybridized carbons (Fsp3) is 0.222. The van der Waals surface area contributed by atoms with Gasteiger partial charge in [0.2, 0.25) is 0 Å². The second-order valence-corrected chi connectivity index (χ2v) is 6.97. The number of rotatable bonds is 2. The molecule has 0 aliphatic carbocycles. The summed E-state index contributed by atoms with van der Waals surface area (Å²) in [5.41, 5.74) is 2.39. The van der Waals surface area contributed by atoms with Gasteiger partial charge < -0.3 is 5.11 Å². The van der Waals surface area contributed by atoms with Crippen LogP contribution in [-0.2, 0) is 0 Å². The van der Waals surface area contributed by atoms with Crippen molar-refractivity contribution in [3.05, 3.63) is 61.7 Å². The minimum absolute atomic E-state index is 0.0755. The molecule has 0 fully saturated rings. The first-order chi connectivity index (χ1) is 10.9. The molecule has 3 rings (SSSR count).